The van der Waals surface area contributed by atoms with Crippen LogP contribution >= 0.6 is 0 Å². The van der Waals surface area contributed by atoms with E-state index in [1.165, 1.54) is 55.0 Å². The monoisotopic (exact) mass is 489 g/mol. The van der Waals surface area contributed by atoms with Crippen molar-refractivity contribution in [2.45, 2.75) is 4.90 Å². The van der Waals surface area contributed by atoms with Crippen molar-refractivity contribution in [3.63, 3.8) is 0 Å². The summed E-state index contributed by atoms with van der Waals surface area (Å²) in [6.07, 6.45) is 4.28. The van der Waals surface area contributed by atoms with Crippen LogP contribution in [0.5, 0.6) is 5.75 Å². The van der Waals surface area contributed by atoms with Crippen molar-refractivity contribution >= 4 is 28.3 Å². The lowest BCUT2D eigenvalue weighted by Gasteiger charge is -2.09. The molecule has 0 radical (unpaired) electrons. The smallest absolute Gasteiger partial charge is 0.242 e. The van der Waals surface area contributed by atoms with Gasteiger partial charge in [0.2, 0.25) is 11.1 Å². The molecule has 0 aliphatic carbocycles. The second-order valence-corrected chi connectivity index (χ2v) is 8.27. The molecule has 10 heteroatoms. The predicted molar refractivity (Wildman–Crippen MR) is 129 cm³/mol. The third-order valence-electron chi connectivity index (χ3n) is 4.75. The molecule has 1 atom stereocenters. The number of halogens is 2. The Kier molecular flexibility index (Phi) is 6.80. The lowest BCUT2D eigenvalue weighted by Crippen LogP contribution is -2.07. The summed E-state index contributed by atoms with van der Waals surface area (Å²) in [5.41, 5.74) is 13.0. The fraction of sp³-hybridized carbons (Fsp3) is 0. The third-order valence-corrected chi connectivity index (χ3v) is 5.71. The minimum Gasteiger partial charge on any atom is -0.396 e. The third kappa shape index (κ3) is 5.48. The number of hydrogen-bond acceptors (Lipinski definition) is 7. The molecule has 0 saturated carbocycles. The molecule has 35 heavy (non-hydrogen) atoms. The van der Waals surface area contributed by atoms with Crippen LogP contribution in [0.15, 0.2) is 78.1 Å². The Bertz CT molecular complexity index is 1500. The number of hydrogen-bond donors (Lipinski definition) is 3. The summed E-state index contributed by atoms with van der Waals surface area (Å²) in [7, 11) is 0. The van der Waals surface area contributed by atoms with Crippen LogP contribution in [0.2, 0.25) is 0 Å². The van der Waals surface area contributed by atoms with E-state index in [9.17, 15) is 13.0 Å². The molecule has 2 aromatic heterocycles. The van der Waals surface area contributed by atoms with E-state index >= 15 is 0 Å². The molecule has 0 aliphatic heterocycles. The highest BCUT2D eigenvalue weighted by Crippen LogP contribution is 2.27. The molecule has 7 nitrogen and oxygen atoms in total. The van der Waals surface area contributed by atoms with Crippen LogP contribution in [0.1, 0.15) is 22.3 Å². The largest absolute Gasteiger partial charge is 0.396 e. The summed E-state index contributed by atoms with van der Waals surface area (Å²) in [5.74, 6) is 4.29. The minimum atomic E-state index is -1.93. The van der Waals surface area contributed by atoms with Gasteiger partial charge in [-0.05, 0) is 48.5 Å². The molecule has 2 aromatic carbocycles. The topological polar surface area (TPSA) is 128 Å². The molecule has 0 bridgehead atoms. The van der Waals surface area contributed by atoms with Crippen LogP contribution in [-0.2, 0) is 11.1 Å². The van der Waals surface area contributed by atoms with Crippen LogP contribution in [-0.4, -0.2) is 19.9 Å². The van der Waals surface area contributed by atoms with Gasteiger partial charge in [-0.1, -0.05) is 11.8 Å². The fourth-order valence-electron chi connectivity index (χ4n) is 2.97. The maximum Gasteiger partial charge on any atom is 0.242 e. The Morgan fingerprint density at radius 3 is 2.51 bits per heavy atom. The van der Waals surface area contributed by atoms with E-state index < -0.39 is 22.7 Å². The summed E-state index contributed by atoms with van der Waals surface area (Å²) in [5, 5.41) is 8.37. The fourth-order valence-corrected chi connectivity index (χ4v) is 3.71. The Hall–Kier alpha value is -4.62. The first kappa shape index (κ1) is 23.5. The van der Waals surface area contributed by atoms with Gasteiger partial charge < -0.3 is 15.7 Å². The van der Waals surface area contributed by atoms with Gasteiger partial charge in [0.05, 0.1) is 21.9 Å². The lowest BCUT2D eigenvalue weighted by molar-refractivity contribution is 0.553. The lowest BCUT2D eigenvalue weighted by atomic mass is 10.0. The van der Waals surface area contributed by atoms with Crippen molar-refractivity contribution in [1.29, 1.82) is 5.41 Å². The molecule has 0 aliphatic rings. The van der Waals surface area contributed by atoms with E-state index in [0.29, 0.717) is 21.6 Å². The van der Waals surface area contributed by atoms with Crippen LogP contribution in [0.4, 0.5) is 20.3 Å². The molecule has 4 rings (SSSR count). The average Bonchev–Trinajstić information content (AvgIpc) is 2.86. The Labute approximate surface area is 202 Å². The van der Waals surface area contributed by atoms with Crippen molar-refractivity contribution in [2.75, 3.05) is 11.5 Å². The number of aromatic nitrogens is 2. The number of nitrogens with zero attached hydrogens (tertiary/aromatic N) is 2. The number of anilines is 2. The van der Waals surface area contributed by atoms with E-state index in [0.717, 1.165) is 6.07 Å². The van der Waals surface area contributed by atoms with Crippen molar-refractivity contribution in [1.82, 2.24) is 9.97 Å². The van der Waals surface area contributed by atoms with Gasteiger partial charge >= 0.3 is 0 Å². The molecule has 5 N–H and O–H groups in total. The van der Waals surface area contributed by atoms with Crippen molar-refractivity contribution in [3.05, 3.63) is 107 Å². The van der Waals surface area contributed by atoms with Gasteiger partial charge in [-0.2, -0.15) is 0 Å². The van der Waals surface area contributed by atoms with Crippen molar-refractivity contribution in [2.24, 2.45) is 0 Å². The van der Waals surface area contributed by atoms with Crippen LogP contribution in [0, 0.1) is 28.9 Å². The zero-order valence-corrected chi connectivity index (χ0v) is 18.8. The SMILES string of the molecule is N=C(c1ccc(F)cc1)c1cc(C#Cc2cc(N)c(OS(=O)c3cccnc3)cc2F)cnc1N. The highest BCUT2D eigenvalue weighted by Gasteiger charge is 2.14. The molecule has 4 aromatic rings. The number of pyridine rings is 2. The van der Waals surface area contributed by atoms with Crippen LogP contribution in [0.3, 0.4) is 0 Å². The number of nitrogens with two attached hydrogens (primary N) is 2. The first-order valence-corrected chi connectivity index (χ1v) is 11.1. The Morgan fingerprint density at radius 2 is 1.80 bits per heavy atom. The second kappa shape index (κ2) is 10.1. The zero-order chi connectivity index (χ0) is 24.9. The average molecular weight is 490 g/mol. The highest BCUT2D eigenvalue weighted by molar-refractivity contribution is 7.80. The van der Waals surface area contributed by atoms with Gasteiger partial charge in [-0.25, -0.2) is 18.0 Å². The van der Waals surface area contributed by atoms with E-state index in [1.807, 2.05) is 0 Å². The normalized spacial score (nSPS) is 11.3. The van der Waals surface area contributed by atoms with Gasteiger partial charge in [0, 0.05) is 41.3 Å². The molecular formula is C25H17F2N5O2S. The van der Waals surface area contributed by atoms with Crippen LogP contribution < -0.4 is 15.7 Å². The number of rotatable bonds is 5. The molecule has 0 saturated heterocycles. The maximum absolute atomic E-state index is 14.7. The summed E-state index contributed by atoms with van der Waals surface area (Å²) in [4.78, 5) is 8.21. The number of nitrogens with one attached hydrogen (secondary N) is 1. The summed E-state index contributed by atoms with van der Waals surface area (Å²) in [6, 6.07) is 12.4. The number of benzene rings is 2. The molecule has 0 amide bonds. The molecular weight excluding hydrogens is 472 g/mol. The maximum atomic E-state index is 14.7. The Balaban J connectivity index is 1.58. The quantitative estimate of drug-likeness (QED) is 0.222. The zero-order valence-electron chi connectivity index (χ0n) is 18.0. The highest BCUT2D eigenvalue weighted by atomic mass is 32.2. The summed E-state index contributed by atoms with van der Waals surface area (Å²) in [6.45, 7) is 0. The van der Waals surface area contributed by atoms with Gasteiger partial charge in [0.1, 0.15) is 17.5 Å². The molecule has 174 valence electrons. The van der Waals surface area contributed by atoms with Crippen molar-refractivity contribution < 1.29 is 17.2 Å². The first-order valence-electron chi connectivity index (χ1n) is 10.0. The molecule has 0 spiro atoms. The minimum absolute atomic E-state index is 0.0194. The van der Waals surface area contributed by atoms with Gasteiger partial charge in [0.25, 0.3) is 0 Å². The van der Waals surface area contributed by atoms with E-state index in [4.69, 9.17) is 21.1 Å². The predicted octanol–water partition coefficient (Wildman–Crippen LogP) is 3.84. The first-order chi connectivity index (χ1) is 16.8. The van der Waals surface area contributed by atoms with Crippen LogP contribution in [0.25, 0.3) is 0 Å². The number of nitrogen functional groups attached to an aromatic ring is 2. The summed E-state index contributed by atoms with van der Waals surface area (Å²) >= 11 is -1.93. The molecule has 2 heterocycles. The standard InChI is InChI=1S/C25H17F2N5O2S/c26-18-7-5-16(6-8-18)24(29)20-10-15(13-32-25(20)30)3-4-17-11-22(28)23(12-21(17)27)34-35(33)19-2-1-9-31-14-19/h1-2,5-14,29H,28H2,(H2,30,32). The van der Waals surface area contributed by atoms with Crippen molar-refractivity contribution in [3.8, 4) is 17.6 Å². The van der Waals surface area contributed by atoms with E-state index in [1.54, 1.807) is 12.1 Å². The molecule has 1 unspecified atom stereocenters. The second-order valence-electron chi connectivity index (χ2n) is 7.17. The van der Waals surface area contributed by atoms with E-state index in [-0.39, 0.29) is 28.5 Å². The Morgan fingerprint density at radius 1 is 1.03 bits per heavy atom. The van der Waals surface area contributed by atoms with Gasteiger partial charge in [-0.3, -0.25) is 10.4 Å². The molecule has 0 fully saturated rings. The van der Waals surface area contributed by atoms with E-state index in [2.05, 4.69) is 21.8 Å². The summed E-state index contributed by atoms with van der Waals surface area (Å²) < 4.78 is 45.4. The van der Waals surface area contributed by atoms with Gasteiger partial charge in [0.15, 0.2) is 5.75 Å². The van der Waals surface area contributed by atoms with Gasteiger partial charge in [-0.15, -0.1) is 0 Å².